The van der Waals surface area contributed by atoms with Gasteiger partial charge in [-0.15, -0.1) is 0 Å². The highest BCUT2D eigenvalue weighted by Crippen LogP contribution is 2.36. The molecular formula is C14H18N2. The Morgan fingerprint density at radius 1 is 0.938 bits per heavy atom. The fourth-order valence-corrected chi connectivity index (χ4v) is 2.80. The molecule has 0 fully saturated rings. The van der Waals surface area contributed by atoms with Crippen LogP contribution in [0.25, 0.3) is 0 Å². The van der Waals surface area contributed by atoms with Crippen LogP contribution in [-0.4, -0.2) is 18.6 Å². The van der Waals surface area contributed by atoms with Gasteiger partial charge in [-0.05, 0) is 37.8 Å². The first-order chi connectivity index (χ1) is 7.86. The molecule has 0 bridgehead atoms. The lowest BCUT2D eigenvalue weighted by Gasteiger charge is -2.23. The Morgan fingerprint density at radius 3 is 2.38 bits per heavy atom. The van der Waals surface area contributed by atoms with Crippen LogP contribution in [0.3, 0.4) is 0 Å². The molecule has 3 rings (SSSR count). The van der Waals surface area contributed by atoms with Crippen LogP contribution in [0.2, 0.25) is 0 Å². The van der Waals surface area contributed by atoms with Crippen molar-refractivity contribution in [2.24, 2.45) is 0 Å². The van der Waals surface area contributed by atoms with Gasteiger partial charge in [0.05, 0.1) is 6.67 Å². The van der Waals surface area contributed by atoms with Crippen LogP contribution in [0.5, 0.6) is 0 Å². The zero-order chi connectivity index (χ0) is 11.0. The molecule has 0 unspecified atom stereocenters. The summed E-state index contributed by atoms with van der Waals surface area (Å²) < 4.78 is 0. The molecule has 0 N–H and O–H groups in total. The first-order valence-electron chi connectivity index (χ1n) is 6.12. The van der Waals surface area contributed by atoms with Crippen molar-refractivity contribution < 1.29 is 0 Å². The quantitative estimate of drug-likeness (QED) is 0.708. The summed E-state index contributed by atoms with van der Waals surface area (Å²) in [4.78, 5) is 4.87. The summed E-state index contributed by atoms with van der Waals surface area (Å²) >= 11 is 0. The number of allylic oxidation sites excluding steroid dienone is 2. The summed E-state index contributed by atoms with van der Waals surface area (Å²) in [5.41, 5.74) is 4.45. The van der Waals surface area contributed by atoms with Crippen molar-refractivity contribution in [3.63, 3.8) is 0 Å². The summed E-state index contributed by atoms with van der Waals surface area (Å²) in [5, 5.41) is 0. The Hall–Kier alpha value is -1.44. The van der Waals surface area contributed by atoms with Crippen molar-refractivity contribution in [3.8, 4) is 0 Å². The standard InChI is InChI=1S/C14H18N2/c1-15-11-16(12-7-3-2-4-8-12)14-10-6-5-9-13(14)15/h2-4,7-8H,5-6,9-11H2,1H3. The molecule has 0 radical (unpaired) electrons. The van der Waals surface area contributed by atoms with E-state index in [-0.39, 0.29) is 0 Å². The molecule has 0 saturated heterocycles. The maximum absolute atomic E-state index is 2.47. The Balaban J connectivity index is 1.96. The second kappa shape index (κ2) is 3.85. The molecule has 0 saturated carbocycles. The predicted octanol–water partition coefficient (Wildman–Crippen LogP) is 3.18. The number of hydrogen-bond acceptors (Lipinski definition) is 2. The van der Waals surface area contributed by atoms with Gasteiger partial charge in [-0.3, -0.25) is 0 Å². The largest absolute Gasteiger partial charge is 0.358 e. The Bertz CT molecular complexity index is 408. The number of nitrogens with zero attached hydrogens (tertiary/aromatic N) is 2. The summed E-state index contributed by atoms with van der Waals surface area (Å²) in [6.45, 7) is 1.02. The highest BCUT2D eigenvalue weighted by molar-refractivity contribution is 5.55. The average Bonchev–Trinajstić information content (AvgIpc) is 2.69. The van der Waals surface area contributed by atoms with Crippen LogP contribution >= 0.6 is 0 Å². The van der Waals surface area contributed by atoms with E-state index in [9.17, 15) is 0 Å². The van der Waals surface area contributed by atoms with Crippen molar-refractivity contribution in [2.45, 2.75) is 25.7 Å². The molecule has 2 aliphatic rings. The van der Waals surface area contributed by atoms with E-state index in [1.807, 2.05) is 0 Å². The summed E-state index contributed by atoms with van der Waals surface area (Å²) in [6.07, 6.45) is 5.20. The number of benzene rings is 1. The first-order valence-corrected chi connectivity index (χ1v) is 6.12. The third-order valence-corrected chi connectivity index (χ3v) is 3.62. The van der Waals surface area contributed by atoms with Crippen LogP contribution in [0.15, 0.2) is 41.7 Å². The molecule has 16 heavy (non-hydrogen) atoms. The monoisotopic (exact) mass is 214 g/mol. The van der Waals surface area contributed by atoms with E-state index in [0.717, 1.165) is 6.67 Å². The lowest BCUT2D eigenvalue weighted by atomic mass is 10.0. The van der Waals surface area contributed by atoms with E-state index in [4.69, 9.17) is 0 Å². The molecular weight excluding hydrogens is 196 g/mol. The minimum Gasteiger partial charge on any atom is -0.358 e. The summed E-state index contributed by atoms with van der Waals surface area (Å²) in [7, 11) is 2.21. The van der Waals surface area contributed by atoms with Crippen molar-refractivity contribution in [2.75, 3.05) is 18.6 Å². The fourth-order valence-electron chi connectivity index (χ4n) is 2.80. The van der Waals surface area contributed by atoms with Gasteiger partial charge in [0.1, 0.15) is 0 Å². The first kappa shape index (κ1) is 9.76. The van der Waals surface area contributed by atoms with Gasteiger partial charge in [0.15, 0.2) is 0 Å². The van der Waals surface area contributed by atoms with Gasteiger partial charge in [-0.1, -0.05) is 18.2 Å². The molecule has 1 aromatic rings. The van der Waals surface area contributed by atoms with Crippen LogP contribution in [0, 0.1) is 0 Å². The van der Waals surface area contributed by atoms with Gasteiger partial charge >= 0.3 is 0 Å². The zero-order valence-corrected chi connectivity index (χ0v) is 9.82. The minimum atomic E-state index is 1.02. The molecule has 1 aliphatic heterocycles. The Labute approximate surface area is 97.2 Å². The molecule has 2 heteroatoms. The van der Waals surface area contributed by atoms with Crippen LogP contribution in [0.4, 0.5) is 5.69 Å². The summed E-state index contributed by atoms with van der Waals surface area (Å²) in [5.74, 6) is 0. The van der Waals surface area contributed by atoms with Gasteiger partial charge in [-0.2, -0.15) is 0 Å². The lowest BCUT2D eigenvalue weighted by Crippen LogP contribution is -2.24. The SMILES string of the molecule is CN1CN(c2ccccc2)C2=C1CCCC2. The van der Waals surface area contributed by atoms with Crippen LogP contribution < -0.4 is 4.90 Å². The van der Waals surface area contributed by atoms with E-state index in [0.29, 0.717) is 0 Å². The smallest absolute Gasteiger partial charge is 0.0944 e. The summed E-state index contributed by atoms with van der Waals surface area (Å²) in [6, 6.07) is 10.7. The van der Waals surface area contributed by atoms with E-state index >= 15 is 0 Å². The van der Waals surface area contributed by atoms with Crippen molar-refractivity contribution in [3.05, 3.63) is 41.7 Å². The Morgan fingerprint density at radius 2 is 1.62 bits per heavy atom. The lowest BCUT2D eigenvalue weighted by molar-refractivity contribution is 0.433. The third kappa shape index (κ3) is 1.49. The van der Waals surface area contributed by atoms with E-state index < -0.39 is 0 Å². The van der Waals surface area contributed by atoms with Gasteiger partial charge < -0.3 is 9.80 Å². The molecule has 1 heterocycles. The number of para-hydroxylation sites is 1. The topological polar surface area (TPSA) is 6.48 Å². The van der Waals surface area contributed by atoms with Crippen LogP contribution in [0.1, 0.15) is 25.7 Å². The minimum absolute atomic E-state index is 1.02. The molecule has 84 valence electrons. The van der Waals surface area contributed by atoms with Gasteiger partial charge in [0, 0.05) is 24.1 Å². The van der Waals surface area contributed by atoms with Gasteiger partial charge in [0.2, 0.25) is 0 Å². The van der Waals surface area contributed by atoms with E-state index in [2.05, 4.69) is 47.2 Å². The fraction of sp³-hybridized carbons (Fsp3) is 0.429. The second-order valence-electron chi connectivity index (χ2n) is 4.70. The maximum atomic E-state index is 2.47. The second-order valence-corrected chi connectivity index (χ2v) is 4.70. The Kier molecular flexibility index (Phi) is 2.35. The average molecular weight is 214 g/mol. The molecule has 1 aliphatic carbocycles. The van der Waals surface area contributed by atoms with Gasteiger partial charge in [0.25, 0.3) is 0 Å². The predicted molar refractivity (Wildman–Crippen MR) is 67.0 cm³/mol. The van der Waals surface area contributed by atoms with Crippen molar-refractivity contribution in [1.29, 1.82) is 0 Å². The highest BCUT2D eigenvalue weighted by atomic mass is 15.4. The molecule has 1 aromatic carbocycles. The normalized spacial score (nSPS) is 20.3. The molecule has 0 spiro atoms. The van der Waals surface area contributed by atoms with Gasteiger partial charge in [-0.25, -0.2) is 0 Å². The molecule has 0 atom stereocenters. The molecule has 2 nitrogen and oxygen atoms in total. The highest BCUT2D eigenvalue weighted by Gasteiger charge is 2.28. The molecule has 0 aromatic heterocycles. The number of hydrogen-bond donors (Lipinski definition) is 0. The van der Waals surface area contributed by atoms with E-state index in [1.54, 1.807) is 11.4 Å². The van der Waals surface area contributed by atoms with Crippen molar-refractivity contribution >= 4 is 5.69 Å². The maximum Gasteiger partial charge on any atom is 0.0944 e. The zero-order valence-electron chi connectivity index (χ0n) is 9.82. The van der Waals surface area contributed by atoms with E-state index in [1.165, 1.54) is 31.4 Å². The van der Waals surface area contributed by atoms with Crippen LogP contribution in [-0.2, 0) is 0 Å². The number of rotatable bonds is 1. The van der Waals surface area contributed by atoms with Crippen molar-refractivity contribution in [1.82, 2.24) is 4.90 Å². The third-order valence-electron chi connectivity index (χ3n) is 3.62. The molecule has 0 amide bonds. The number of anilines is 1.